The number of benzene rings is 1. The zero-order valence-electron chi connectivity index (χ0n) is 15.9. The molecule has 1 saturated heterocycles. The molecule has 0 aliphatic carbocycles. The molecule has 0 radical (unpaired) electrons. The summed E-state index contributed by atoms with van der Waals surface area (Å²) in [6, 6.07) is 4.40. The lowest BCUT2D eigenvalue weighted by molar-refractivity contribution is -0.137. The second-order valence-electron chi connectivity index (χ2n) is 6.60. The summed E-state index contributed by atoms with van der Waals surface area (Å²) in [6.45, 7) is 9.32. The van der Waals surface area contributed by atoms with Crippen LogP contribution in [0.4, 0.5) is 18.9 Å². The lowest BCUT2D eigenvalue weighted by atomic mass is 10.00. The van der Waals surface area contributed by atoms with Crippen molar-refractivity contribution in [3.8, 4) is 0 Å². The molecule has 1 aliphatic rings. The van der Waals surface area contributed by atoms with E-state index >= 15 is 0 Å². The van der Waals surface area contributed by atoms with Gasteiger partial charge < -0.3 is 21.4 Å². The van der Waals surface area contributed by atoms with E-state index in [1.54, 1.807) is 6.92 Å². The maximum absolute atomic E-state index is 12.7. The molecule has 1 unspecified atom stereocenters. The number of nitrogens with one attached hydrogen (secondary N) is 2. The first-order valence-corrected chi connectivity index (χ1v) is 8.60. The van der Waals surface area contributed by atoms with Crippen LogP contribution in [0, 0.1) is 0 Å². The van der Waals surface area contributed by atoms with Crippen LogP contribution in [0.25, 0.3) is 0 Å². The Balaban J connectivity index is 2.30. The largest absolute Gasteiger partial charge is 0.416 e. The first kappa shape index (κ1) is 22.0. The molecule has 156 valence electrons. The third-order valence-electron chi connectivity index (χ3n) is 4.64. The zero-order chi connectivity index (χ0) is 21.8. The van der Waals surface area contributed by atoms with Crippen LogP contribution in [-0.2, 0) is 11.0 Å². The number of hydrazine groups is 1. The Kier molecular flexibility index (Phi) is 6.38. The molecular formula is C19H23F3N6O. The van der Waals surface area contributed by atoms with Gasteiger partial charge in [-0.15, -0.1) is 0 Å². The predicted octanol–water partition coefficient (Wildman–Crippen LogP) is 2.47. The van der Waals surface area contributed by atoms with Crippen molar-refractivity contribution in [3.63, 3.8) is 0 Å². The molecule has 29 heavy (non-hydrogen) atoms. The molecule has 2 rings (SSSR count). The highest BCUT2D eigenvalue weighted by atomic mass is 19.4. The fourth-order valence-corrected chi connectivity index (χ4v) is 2.75. The van der Waals surface area contributed by atoms with Crippen molar-refractivity contribution in [1.29, 1.82) is 0 Å². The van der Waals surface area contributed by atoms with E-state index in [1.165, 1.54) is 29.4 Å². The number of alkyl halides is 3. The van der Waals surface area contributed by atoms with Crippen molar-refractivity contribution in [2.75, 3.05) is 11.9 Å². The van der Waals surface area contributed by atoms with Crippen LogP contribution in [0.3, 0.4) is 0 Å². The van der Waals surface area contributed by atoms with Gasteiger partial charge >= 0.3 is 6.18 Å². The van der Waals surface area contributed by atoms with Crippen LogP contribution in [0.15, 0.2) is 65.2 Å². The van der Waals surface area contributed by atoms with E-state index in [0.717, 1.165) is 12.1 Å². The number of allylic oxidation sites excluding steroid dienone is 1. The van der Waals surface area contributed by atoms with Crippen molar-refractivity contribution in [2.24, 2.45) is 16.6 Å². The SMILES string of the molecule is C=CC(/C(N)=C/N(N)C1(C)CCNC1=O)=C(\N=C)Nc1ccc(C(F)(F)F)cc1. The normalized spacial score (nSPS) is 20.6. The second-order valence-corrected chi connectivity index (χ2v) is 6.60. The van der Waals surface area contributed by atoms with E-state index in [-0.39, 0.29) is 17.4 Å². The standard InChI is InChI=1S/C19H23F3N6O/c1-4-14(15(23)11-28(24)18(2)9-10-26-17(18)29)16(25-3)27-13-7-5-12(6-8-13)19(20,21)22/h4-8,11,27H,1,3,9-10,23-24H2,2H3,(H,26,29)/b15-11-,16-14-. The average molecular weight is 408 g/mol. The average Bonchev–Trinajstić information content (AvgIpc) is 3.01. The van der Waals surface area contributed by atoms with Crippen molar-refractivity contribution in [2.45, 2.75) is 25.1 Å². The van der Waals surface area contributed by atoms with E-state index < -0.39 is 17.3 Å². The molecule has 10 heteroatoms. The number of nitrogens with zero attached hydrogens (tertiary/aromatic N) is 2. The number of hydrogen-bond acceptors (Lipinski definition) is 6. The Bertz CT molecular complexity index is 860. The first-order chi connectivity index (χ1) is 13.5. The molecular weight excluding hydrogens is 385 g/mol. The number of carbonyl (C=O) groups excluding carboxylic acids is 1. The fourth-order valence-electron chi connectivity index (χ4n) is 2.75. The Morgan fingerprint density at radius 2 is 2.00 bits per heavy atom. The lowest BCUT2D eigenvalue weighted by Crippen LogP contribution is -2.52. The van der Waals surface area contributed by atoms with Gasteiger partial charge in [0.25, 0.3) is 0 Å². The Morgan fingerprint density at radius 1 is 1.38 bits per heavy atom. The summed E-state index contributed by atoms with van der Waals surface area (Å²) >= 11 is 0. The third-order valence-corrected chi connectivity index (χ3v) is 4.64. The number of nitrogens with two attached hydrogens (primary N) is 2. The van der Waals surface area contributed by atoms with Gasteiger partial charge in [0.1, 0.15) is 11.4 Å². The first-order valence-electron chi connectivity index (χ1n) is 8.60. The summed E-state index contributed by atoms with van der Waals surface area (Å²) in [6.07, 6.45) is -1.16. The monoisotopic (exact) mass is 408 g/mol. The van der Waals surface area contributed by atoms with Gasteiger partial charge in [0, 0.05) is 24.0 Å². The van der Waals surface area contributed by atoms with Gasteiger partial charge in [-0.1, -0.05) is 12.7 Å². The van der Waals surface area contributed by atoms with Gasteiger partial charge in [0.05, 0.1) is 11.3 Å². The zero-order valence-corrected chi connectivity index (χ0v) is 15.9. The number of hydrogen-bond donors (Lipinski definition) is 4. The Morgan fingerprint density at radius 3 is 2.45 bits per heavy atom. The summed E-state index contributed by atoms with van der Waals surface area (Å²) in [7, 11) is 0. The van der Waals surface area contributed by atoms with Crippen molar-refractivity contribution in [3.05, 3.63) is 65.8 Å². The third kappa shape index (κ3) is 4.77. The number of aliphatic imine (C=N–C) groups is 1. The van der Waals surface area contributed by atoms with Gasteiger partial charge in [-0.2, -0.15) is 13.2 Å². The Labute approximate surface area is 166 Å². The molecule has 0 saturated carbocycles. The van der Waals surface area contributed by atoms with Crippen LogP contribution >= 0.6 is 0 Å². The summed E-state index contributed by atoms with van der Waals surface area (Å²) in [4.78, 5) is 15.9. The number of rotatable bonds is 7. The smallest absolute Gasteiger partial charge is 0.397 e. The van der Waals surface area contributed by atoms with Gasteiger partial charge in [0.2, 0.25) is 5.91 Å². The molecule has 1 aliphatic heterocycles. The number of halogens is 3. The second kappa shape index (κ2) is 8.39. The van der Waals surface area contributed by atoms with Crippen molar-refractivity contribution < 1.29 is 18.0 Å². The number of carbonyl (C=O) groups is 1. The minimum atomic E-state index is -4.43. The van der Waals surface area contributed by atoms with E-state index in [1.807, 2.05) is 0 Å². The maximum Gasteiger partial charge on any atom is 0.416 e. The highest BCUT2D eigenvalue weighted by molar-refractivity contribution is 5.88. The summed E-state index contributed by atoms with van der Waals surface area (Å²) in [5.41, 5.74) is 5.19. The van der Waals surface area contributed by atoms with Gasteiger partial charge in [-0.05, 0) is 44.3 Å². The van der Waals surface area contributed by atoms with Crippen molar-refractivity contribution >= 4 is 18.3 Å². The molecule has 1 fully saturated rings. The summed E-state index contributed by atoms with van der Waals surface area (Å²) in [5, 5.41) is 6.77. The topological polar surface area (TPSA) is 109 Å². The maximum atomic E-state index is 12.7. The van der Waals surface area contributed by atoms with Gasteiger partial charge in [-0.3, -0.25) is 4.79 Å². The van der Waals surface area contributed by atoms with Crippen LogP contribution in [-0.4, -0.2) is 29.7 Å². The molecule has 6 N–H and O–H groups in total. The fraction of sp³-hybridized carbons (Fsp3) is 0.263. The molecule has 1 amide bonds. The molecule has 0 bridgehead atoms. The van der Waals surface area contributed by atoms with Crippen LogP contribution < -0.4 is 22.2 Å². The van der Waals surface area contributed by atoms with Crippen molar-refractivity contribution in [1.82, 2.24) is 10.3 Å². The van der Waals surface area contributed by atoms with E-state index in [0.29, 0.717) is 24.2 Å². The van der Waals surface area contributed by atoms with E-state index in [4.69, 9.17) is 11.6 Å². The number of amides is 1. The number of anilines is 1. The molecule has 0 aromatic heterocycles. The molecule has 1 heterocycles. The predicted molar refractivity (Wildman–Crippen MR) is 106 cm³/mol. The van der Waals surface area contributed by atoms with E-state index in [2.05, 4.69) is 28.9 Å². The van der Waals surface area contributed by atoms with Crippen LogP contribution in [0.1, 0.15) is 18.9 Å². The molecule has 0 spiro atoms. The lowest BCUT2D eigenvalue weighted by Gasteiger charge is -2.31. The quantitative estimate of drug-likeness (QED) is 0.240. The van der Waals surface area contributed by atoms with E-state index in [9.17, 15) is 18.0 Å². The molecule has 7 nitrogen and oxygen atoms in total. The van der Waals surface area contributed by atoms with Gasteiger partial charge in [0.15, 0.2) is 0 Å². The Hall–Kier alpha value is -3.27. The highest BCUT2D eigenvalue weighted by Gasteiger charge is 2.41. The summed E-state index contributed by atoms with van der Waals surface area (Å²) < 4.78 is 38.1. The van der Waals surface area contributed by atoms with Gasteiger partial charge in [-0.25, -0.2) is 10.8 Å². The minimum absolute atomic E-state index is 0.144. The minimum Gasteiger partial charge on any atom is -0.397 e. The highest BCUT2D eigenvalue weighted by Crippen LogP contribution is 2.30. The molecule has 1 aromatic carbocycles. The molecule has 1 atom stereocenters. The molecule has 1 aromatic rings. The van der Waals surface area contributed by atoms with Crippen LogP contribution in [0.5, 0.6) is 0 Å². The van der Waals surface area contributed by atoms with Crippen LogP contribution in [0.2, 0.25) is 0 Å². The summed E-state index contributed by atoms with van der Waals surface area (Å²) in [5.74, 6) is 5.98.